The maximum atomic E-state index is 12.5. The molecule has 0 aliphatic carbocycles. The molecule has 1 aromatic carbocycles. The van der Waals surface area contributed by atoms with Gasteiger partial charge in [-0.15, -0.1) is 0 Å². The summed E-state index contributed by atoms with van der Waals surface area (Å²) in [7, 11) is 0. The highest BCUT2D eigenvalue weighted by atomic mass is 19.4. The Kier molecular flexibility index (Phi) is 5.34. The largest absolute Gasteiger partial charge is 0.480 e. The van der Waals surface area contributed by atoms with Crippen molar-refractivity contribution in [2.45, 2.75) is 32.5 Å². The molecule has 1 aromatic rings. The van der Waals surface area contributed by atoms with E-state index in [2.05, 4.69) is 5.32 Å². The monoisotopic (exact) mass is 303 g/mol. The lowest BCUT2D eigenvalue weighted by molar-refractivity contribution is -0.143. The van der Waals surface area contributed by atoms with Crippen LogP contribution in [0.4, 0.5) is 13.2 Å². The van der Waals surface area contributed by atoms with Crippen LogP contribution in [0.25, 0.3) is 0 Å². The third-order valence-corrected chi connectivity index (χ3v) is 2.87. The number of amides is 1. The van der Waals surface area contributed by atoms with Crippen LogP contribution in [0, 0.1) is 5.92 Å². The first-order chi connectivity index (χ1) is 9.61. The number of aliphatic carboxylic acids is 1. The number of hydrogen-bond acceptors (Lipinski definition) is 2. The Morgan fingerprint density at radius 1 is 1.29 bits per heavy atom. The molecule has 0 spiro atoms. The van der Waals surface area contributed by atoms with Crippen molar-refractivity contribution in [3.8, 4) is 0 Å². The summed E-state index contributed by atoms with van der Waals surface area (Å²) in [6, 6.07) is 3.33. The molecule has 0 saturated carbocycles. The third-order valence-electron chi connectivity index (χ3n) is 2.87. The topological polar surface area (TPSA) is 66.4 Å². The van der Waals surface area contributed by atoms with E-state index in [9.17, 15) is 22.8 Å². The van der Waals surface area contributed by atoms with Gasteiger partial charge in [0.1, 0.15) is 6.04 Å². The molecule has 0 radical (unpaired) electrons. The Bertz CT molecular complexity index is 526. The second-order valence-electron chi connectivity index (χ2n) is 5.00. The van der Waals surface area contributed by atoms with E-state index in [0.29, 0.717) is 0 Å². The van der Waals surface area contributed by atoms with Crippen molar-refractivity contribution in [2.75, 3.05) is 0 Å². The number of carbonyl (C=O) groups excluding carboxylic acids is 1. The average molecular weight is 303 g/mol. The first-order valence-electron chi connectivity index (χ1n) is 6.29. The maximum Gasteiger partial charge on any atom is 0.416 e. The number of carboxylic acids is 1. The SMILES string of the molecule is CC(C)[C@@H](NC(=O)Cc1cccc(C(F)(F)F)c1)C(=O)O. The van der Waals surface area contributed by atoms with Crippen LogP contribution >= 0.6 is 0 Å². The van der Waals surface area contributed by atoms with E-state index >= 15 is 0 Å². The zero-order chi connectivity index (χ0) is 16.2. The van der Waals surface area contributed by atoms with E-state index in [1.54, 1.807) is 13.8 Å². The molecule has 1 rings (SSSR count). The summed E-state index contributed by atoms with van der Waals surface area (Å²) in [5.74, 6) is -2.13. The van der Waals surface area contributed by atoms with Gasteiger partial charge < -0.3 is 10.4 Å². The van der Waals surface area contributed by atoms with Gasteiger partial charge >= 0.3 is 12.1 Å². The Morgan fingerprint density at radius 2 is 1.90 bits per heavy atom. The Labute approximate surface area is 120 Å². The van der Waals surface area contributed by atoms with Gasteiger partial charge in [-0.1, -0.05) is 32.0 Å². The van der Waals surface area contributed by atoms with Crippen LogP contribution in [-0.2, 0) is 22.2 Å². The quantitative estimate of drug-likeness (QED) is 0.878. The van der Waals surface area contributed by atoms with Gasteiger partial charge in [-0.05, 0) is 17.5 Å². The molecule has 0 unspecified atom stereocenters. The van der Waals surface area contributed by atoms with Crippen molar-refractivity contribution < 1.29 is 27.9 Å². The van der Waals surface area contributed by atoms with Gasteiger partial charge in [-0.2, -0.15) is 13.2 Å². The second-order valence-corrected chi connectivity index (χ2v) is 5.00. The number of rotatable bonds is 5. The smallest absolute Gasteiger partial charge is 0.416 e. The minimum Gasteiger partial charge on any atom is -0.480 e. The molecule has 0 aromatic heterocycles. The molecule has 0 fully saturated rings. The lowest BCUT2D eigenvalue weighted by Crippen LogP contribution is -2.44. The Balaban J connectivity index is 2.77. The summed E-state index contributed by atoms with van der Waals surface area (Å²) in [4.78, 5) is 22.7. The molecule has 21 heavy (non-hydrogen) atoms. The van der Waals surface area contributed by atoms with Gasteiger partial charge in [0.25, 0.3) is 0 Å². The van der Waals surface area contributed by atoms with Crippen molar-refractivity contribution in [3.05, 3.63) is 35.4 Å². The third kappa shape index (κ3) is 5.09. The zero-order valence-electron chi connectivity index (χ0n) is 11.6. The number of halogens is 3. The number of carbonyl (C=O) groups is 2. The summed E-state index contributed by atoms with van der Waals surface area (Å²) >= 11 is 0. The number of benzene rings is 1. The summed E-state index contributed by atoms with van der Waals surface area (Å²) in [6.45, 7) is 3.26. The van der Waals surface area contributed by atoms with Gasteiger partial charge in [-0.3, -0.25) is 4.79 Å². The molecule has 0 aliphatic heterocycles. The summed E-state index contributed by atoms with van der Waals surface area (Å²) in [5, 5.41) is 11.2. The maximum absolute atomic E-state index is 12.5. The fourth-order valence-corrected chi connectivity index (χ4v) is 1.78. The standard InChI is InChI=1S/C14H16F3NO3/c1-8(2)12(13(20)21)18-11(19)7-9-4-3-5-10(6-9)14(15,16)17/h3-6,8,12H,7H2,1-2H3,(H,18,19)(H,20,21)/t12-/m1/s1. The van der Waals surface area contributed by atoms with Crippen molar-refractivity contribution in [1.82, 2.24) is 5.32 Å². The van der Waals surface area contributed by atoms with Crippen LogP contribution in [-0.4, -0.2) is 23.0 Å². The van der Waals surface area contributed by atoms with Crippen molar-refractivity contribution in [1.29, 1.82) is 0 Å². The molecule has 1 amide bonds. The number of hydrogen-bond donors (Lipinski definition) is 2. The fraction of sp³-hybridized carbons (Fsp3) is 0.429. The molecule has 0 aliphatic rings. The average Bonchev–Trinajstić information content (AvgIpc) is 2.34. The van der Waals surface area contributed by atoms with Crippen molar-refractivity contribution >= 4 is 11.9 Å². The lowest BCUT2D eigenvalue weighted by atomic mass is 10.0. The highest BCUT2D eigenvalue weighted by Gasteiger charge is 2.30. The van der Waals surface area contributed by atoms with Crippen LogP contribution < -0.4 is 5.32 Å². The lowest BCUT2D eigenvalue weighted by Gasteiger charge is -2.18. The van der Waals surface area contributed by atoms with Crippen LogP contribution in [0.1, 0.15) is 25.0 Å². The number of carboxylic acid groups (broad SMARTS) is 1. The molecular formula is C14H16F3NO3. The second kappa shape index (κ2) is 6.60. The fourth-order valence-electron chi connectivity index (χ4n) is 1.78. The van der Waals surface area contributed by atoms with Crippen molar-refractivity contribution in [3.63, 3.8) is 0 Å². The summed E-state index contributed by atoms with van der Waals surface area (Å²) in [6.07, 6.45) is -4.78. The van der Waals surface area contributed by atoms with E-state index in [-0.39, 0.29) is 17.9 Å². The first kappa shape index (κ1) is 17.0. The minimum absolute atomic E-state index is 0.176. The van der Waals surface area contributed by atoms with Gasteiger partial charge in [0, 0.05) is 0 Å². The predicted molar refractivity (Wildman–Crippen MR) is 69.6 cm³/mol. The van der Waals surface area contributed by atoms with Crippen LogP contribution in [0.3, 0.4) is 0 Å². The molecule has 116 valence electrons. The van der Waals surface area contributed by atoms with Crippen LogP contribution in [0.15, 0.2) is 24.3 Å². The molecule has 4 nitrogen and oxygen atoms in total. The molecular weight excluding hydrogens is 287 g/mol. The molecule has 7 heteroatoms. The Morgan fingerprint density at radius 3 is 2.38 bits per heavy atom. The molecule has 0 heterocycles. The van der Waals surface area contributed by atoms with E-state index in [1.165, 1.54) is 12.1 Å². The van der Waals surface area contributed by atoms with Gasteiger partial charge in [0.15, 0.2) is 0 Å². The molecule has 0 saturated heterocycles. The van der Waals surface area contributed by atoms with Crippen LogP contribution in [0.2, 0.25) is 0 Å². The Hall–Kier alpha value is -2.05. The summed E-state index contributed by atoms with van der Waals surface area (Å²) < 4.78 is 37.6. The van der Waals surface area contributed by atoms with Gasteiger partial charge in [0.05, 0.1) is 12.0 Å². The van der Waals surface area contributed by atoms with Gasteiger partial charge in [0.2, 0.25) is 5.91 Å². The highest BCUT2D eigenvalue weighted by molar-refractivity contribution is 5.85. The predicted octanol–water partition coefficient (Wildman–Crippen LogP) is 2.47. The summed E-state index contributed by atoms with van der Waals surface area (Å²) in [5.41, 5.74) is -0.665. The molecule has 0 bridgehead atoms. The zero-order valence-corrected chi connectivity index (χ0v) is 11.6. The van der Waals surface area contributed by atoms with Crippen molar-refractivity contribution in [2.24, 2.45) is 5.92 Å². The highest BCUT2D eigenvalue weighted by Crippen LogP contribution is 2.29. The van der Waals surface area contributed by atoms with Gasteiger partial charge in [-0.25, -0.2) is 4.79 Å². The van der Waals surface area contributed by atoms with E-state index < -0.39 is 29.7 Å². The minimum atomic E-state index is -4.48. The molecule has 1 atom stereocenters. The first-order valence-corrected chi connectivity index (χ1v) is 6.29. The molecule has 2 N–H and O–H groups in total. The van der Waals surface area contributed by atoms with E-state index in [0.717, 1.165) is 12.1 Å². The van der Waals surface area contributed by atoms with E-state index in [1.807, 2.05) is 0 Å². The van der Waals surface area contributed by atoms with Crippen LogP contribution in [0.5, 0.6) is 0 Å². The van der Waals surface area contributed by atoms with E-state index in [4.69, 9.17) is 5.11 Å². The normalized spacial score (nSPS) is 13.0. The number of alkyl halides is 3. The number of nitrogens with one attached hydrogen (secondary N) is 1.